The van der Waals surface area contributed by atoms with Crippen molar-refractivity contribution in [2.45, 2.75) is 6.92 Å². The molecule has 0 saturated carbocycles. The van der Waals surface area contributed by atoms with E-state index in [-0.39, 0.29) is 5.82 Å². The smallest absolute Gasteiger partial charge is 0.331 e. The Balaban J connectivity index is 2.15. The van der Waals surface area contributed by atoms with E-state index < -0.39 is 5.97 Å². The van der Waals surface area contributed by atoms with Crippen LogP contribution in [0.3, 0.4) is 0 Å². The highest BCUT2D eigenvalue weighted by Gasteiger charge is 2.12. The number of aromatic amines is 1. The van der Waals surface area contributed by atoms with Crippen molar-refractivity contribution in [3.8, 4) is 0 Å². The normalized spacial score (nSPS) is 11.7. The molecule has 0 aliphatic carbocycles. The van der Waals surface area contributed by atoms with Gasteiger partial charge in [-0.25, -0.2) is 9.18 Å². The first-order chi connectivity index (χ1) is 11.2. The average molecular weight is 309 g/mol. The lowest BCUT2D eigenvalue weighted by molar-refractivity contribution is -0.137. The molecule has 0 fully saturated rings. The van der Waals surface area contributed by atoms with Gasteiger partial charge in [-0.2, -0.15) is 0 Å². The van der Waals surface area contributed by atoms with Crippen molar-refractivity contribution >= 4 is 22.4 Å². The van der Waals surface area contributed by atoms with Crippen LogP contribution in [0.1, 0.15) is 18.1 Å². The van der Waals surface area contributed by atoms with E-state index in [0.717, 1.165) is 10.9 Å². The summed E-state index contributed by atoms with van der Waals surface area (Å²) in [4.78, 5) is 14.8. The lowest BCUT2D eigenvalue weighted by Crippen LogP contribution is -2.02. The molecule has 3 aromatic rings. The molecule has 0 aliphatic heterocycles. The molecule has 1 heterocycles. The number of carbonyl (C=O) groups excluding carboxylic acids is 1. The minimum absolute atomic E-state index is 0.294. The Morgan fingerprint density at radius 1 is 1.17 bits per heavy atom. The van der Waals surface area contributed by atoms with Gasteiger partial charge in [0.1, 0.15) is 5.82 Å². The molecular weight excluding hydrogens is 293 g/mol. The molecule has 23 heavy (non-hydrogen) atoms. The highest BCUT2D eigenvalue weighted by atomic mass is 19.1. The summed E-state index contributed by atoms with van der Waals surface area (Å²) in [5.41, 5.74) is 2.55. The number of esters is 1. The van der Waals surface area contributed by atoms with E-state index >= 15 is 0 Å². The molecule has 1 aromatic heterocycles. The first kappa shape index (κ1) is 15.0. The van der Waals surface area contributed by atoms with Gasteiger partial charge in [-0.1, -0.05) is 30.3 Å². The average Bonchev–Trinajstić information content (AvgIpc) is 3.03. The summed E-state index contributed by atoms with van der Waals surface area (Å²) in [6, 6.07) is 14.5. The number of rotatable bonds is 4. The standard InChI is InChI=1S/C19H16FNO2/c1-2-23-18(22)12-16(13-6-4-3-5-7-13)15-10-14-8-9-21-19(14)17(20)11-15/h3-12,21H,2H2,1H3/b16-12+. The maximum Gasteiger partial charge on any atom is 0.331 e. The molecule has 2 aromatic carbocycles. The van der Waals surface area contributed by atoms with Crippen molar-refractivity contribution < 1.29 is 13.9 Å². The molecule has 0 unspecified atom stereocenters. The number of benzene rings is 2. The monoisotopic (exact) mass is 309 g/mol. The summed E-state index contributed by atoms with van der Waals surface area (Å²) in [7, 11) is 0. The minimum atomic E-state index is -0.444. The minimum Gasteiger partial charge on any atom is -0.463 e. The fourth-order valence-electron chi connectivity index (χ4n) is 2.53. The van der Waals surface area contributed by atoms with Gasteiger partial charge in [-0.15, -0.1) is 0 Å². The molecule has 3 nitrogen and oxygen atoms in total. The molecular formula is C19H16FNO2. The van der Waals surface area contributed by atoms with E-state index in [0.29, 0.717) is 23.3 Å². The van der Waals surface area contributed by atoms with Gasteiger partial charge >= 0.3 is 5.97 Å². The molecule has 3 rings (SSSR count). The Bertz CT molecular complexity index is 865. The summed E-state index contributed by atoms with van der Waals surface area (Å²) in [5.74, 6) is -0.797. The van der Waals surface area contributed by atoms with Gasteiger partial charge in [0.2, 0.25) is 0 Å². The van der Waals surface area contributed by atoms with E-state index in [1.807, 2.05) is 36.4 Å². The van der Waals surface area contributed by atoms with Gasteiger partial charge in [0.05, 0.1) is 12.1 Å². The third-order valence-corrected chi connectivity index (χ3v) is 3.56. The van der Waals surface area contributed by atoms with Crippen LogP contribution in [0.4, 0.5) is 4.39 Å². The molecule has 0 saturated heterocycles. The SMILES string of the molecule is CCOC(=O)/C=C(\c1ccccc1)c1cc(F)c2[nH]ccc2c1. The maximum atomic E-state index is 14.3. The fraction of sp³-hybridized carbons (Fsp3) is 0.105. The number of nitrogens with one attached hydrogen (secondary N) is 1. The van der Waals surface area contributed by atoms with Crippen molar-refractivity contribution in [3.63, 3.8) is 0 Å². The zero-order valence-corrected chi connectivity index (χ0v) is 12.7. The lowest BCUT2D eigenvalue weighted by atomic mass is 9.96. The summed E-state index contributed by atoms with van der Waals surface area (Å²) in [6.45, 7) is 2.04. The number of halogens is 1. The number of aromatic nitrogens is 1. The van der Waals surface area contributed by atoms with Gasteiger partial charge in [0, 0.05) is 17.7 Å². The van der Waals surface area contributed by atoms with Crippen molar-refractivity contribution in [3.05, 3.63) is 77.7 Å². The predicted molar refractivity (Wildman–Crippen MR) is 88.4 cm³/mol. The van der Waals surface area contributed by atoms with Crippen LogP contribution in [0.25, 0.3) is 16.5 Å². The van der Waals surface area contributed by atoms with Crippen molar-refractivity contribution in [2.75, 3.05) is 6.61 Å². The quantitative estimate of drug-likeness (QED) is 0.576. The number of carbonyl (C=O) groups is 1. The summed E-state index contributed by atoms with van der Waals surface area (Å²) >= 11 is 0. The van der Waals surface area contributed by atoms with Crippen LogP contribution in [0, 0.1) is 5.82 Å². The summed E-state index contributed by atoms with van der Waals surface area (Å²) < 4.78 is 19.3. The molecule has 0 radical (unpaired) electrons. The third-order valence-electron chi connectivity index (χ3n) is 3.56. The summed E-state index contributed by atoms with van der Waals surface area (Å²) in [6.07, 6.45) is 3.10. The Hall–Kier alpha value is -2.88. The molecule has 116 valence electrons. The Labute approximate surface area is 133 Å². The topological polar surface area (TPSA) is 42.1 Å². The number of H-pyrrole nitrogens is 1. The van der Waals surface area contributed by atoms with E-state index in [9.17, 15) is 9.18 Å². The molecule has 0 amide bonds. The predicted octanol–water partition coefficient (Wildman–Crippen LogP) is 4.30. The first-order valence-electron chi connectivity index (χ1n) is 7.40. The molecule has 4 heteroatoms. The largest absolute Gasteiger partial charge is 0.463 e. The maximum absolute atomic E-state index is 14.3. The van der Waals surface area contributed by atoms with Crippen molar-refractivity contribution in [1.29, 1.82) is 0 Å². The summed E-state index contributed by atoms with van der Waals surface area (Å²) in [5, 5.41) is 0.755. The number of ether oxygens (including phenoxy) is 1. The zero-order chi connectivity index (χ0) is 16.2. The second-order valence-corrected chi connectivity index (χ2v) is 5.08. The molecule has 1 N–H and O–H groups in total. The van der Waals surface area contributed by atoms with Gasteiger partial charge in [0.15, 0.2) is 0 Å². The fourth-order valence-corrected chi connectivity index (χ4v) is 2.53. The van der Waals surface area contributed by atoms with Gasteiger partial charge in [0.25, 0.3) is 0 Å². The van der Waals surface area contributed by atoms with E-state index in [1.165, 1.54) is 12.1 Å². The second kappa shape index (κ2) is 6.48. The van der Waals surface area contributed by atoms with Crippen molar-refractivity contribution in [1.82, 2.24) is 4.98 Å². The zero-order valence-electron chi connectivity index (χ0n) is 12.7. The van der Waals surface area contributed by atoms with Crippen LogP contribution in [0.2, 0.25) is 0 Å². The molecule has 0 aliphatic rings. The lowest BCUT2D eigenvalue weighted by Gasteiger charge is -2.09. The van der Waals surface area contributed by atoms with Crippen LogP contribution in [0.5, 0.6) is 0 Å². The van der Waals surface area contributed by atoms with Crippen LogP contribution >= 0.6 is 0 Å². The Morgan fingerprint density at radius 2 is 1.96 bits per heavy atom. The Kier molecular flexibility index (Phi) is 4.24. The number of fused-ring (bicyclic) bond motifs is 1. The number of hydrogen-bond donors (Lipinski definition) is 1. The van der Waals surface area contributed by atoms with Gasteiger partial charge in [-0.3, -0.25) is 0 Å². The molecule has 0 bridgehead atoms. The van der Waals surface area contributed by atoms with E-state index in [2.05, 4.69) is 4.98 Å². The molecule has 0 spiro atoms. The van der Waals surface area contributed by atoms with Crippen LogP contribution < -0.4 is 0 Å². The van der Waals surface area contributed by atoms with Gasteiger partial charge in [-0.05, 0) is 41.8 Å². The van der Waals surface area contributed by atoms with Crippen LogP contribution in [0.15, 0.2) is 60.8 Å². The van der Waals surface area contributed by atoms with Crippen molar-refractivity contribution in [2.24, 2.45) is 0 Å². The second-order valence-electron chi connectivity index (χ2n) is 5.08. The third kappa shape index (κ3) is 3.16. The highest BCUT2D eigenvalue weighted by Crippen LogP contribution is 2.28. The highest BCUT2D eigenvalue weighted by molar-refractivity contribution is 5.98. The Morgan fingerprint density at radius 3 is 2.70 bits per heavy atom. The van der Waals surface area contributed by atoms with Crippen LogP contribution in [-0.2, 0) is 9.53 Å². The number of hydrogen-bond acceptors (Lipinski definition) is 2. The van der Waals surface area contributed by atoms with E-state index in [1.54, 1.807) is 19.2 Å². The molecule has 0 atom stereocenters. The van der Waals surface area contributed by atoms with E-state index in [4.69, 9.17) is 4.74 Å². The first-order valence-corrected chi connectivity index (χ1v) is 7.40. The van der Waals surface area contributed by atoms with Crippen LogP contribution in [-0.4, -0.2) is 17.6 Å². The van der Waals surface area contributed by atoms with Gasteiger partial charge < -0.3 is 9.72 Å².